The molecule has 0 aliphatic heterocycles. The molecule has 2 aromatic rings. The molecule has 2 rings (SSSR count). The number of halogens is 1. The summed E-state index contributed by atoms with van der Waals surface area (Å²) >= 11 is 5.99. The Morgan fingerprint density at radius 3 is 2.50 bits per heavy atom. The molecule has 0 saturated heterocycles. The van der Waals surface area contributed by atoms with Crippen LogP contribution in [0.1, 0.15) is 38.3 Å². The summed E-state index contributed by atoms with van der Waals surface area (Å²) in [5.41, 5.74) is 2.08. The number of nitrogens with one attached hydrogen (secondary N) is 1. The number of hydrogen-bond donors (Lipinski definition) is 1. The molecule has 2 aromatic carbocycles. The predicted molar refractivity (Wildman–Crippen MR) is 121 cm³/mol. The highest BCUT2D eigenvalue weighted by atomic mass is 35.5. The van der Waals surface area contributed by atoms with E-state index in [1.54, 1.807) is 29.2 Å². The van der Waals surface area contributed by atoms with E-state index in [0.29, 0.717) is 36.2 Å². The smallest absolute Gasteiger partial charge is 0.261 e. The number of ether oxygens (including phenoxy) is 1. The molecular formula is C24H31ClN2O3. The normalized spacial score (nSPS) is 11.8. The molecule has 0 fully saturated rings. The summed E-state index contributed by atoms with van der Waals surface area (Å²) in [6.07, 6.45) is 0.513. The van der Waals surface area contributed by atoms with Crippen molar-refractivity contribution in [3.05, 3.63) is 64.7 Å². The van der Waals surface area contributed by atoms with Crippen molar-refractivity contribution in [1.29, 1.82) is 0 Å². The highest BCUT2D eigenvalue weighted by molar-refractivity contribution is 6.30. The Balaban J connectivity index is 2.19. The van der Waals surface area contributed by atoms with Gasteiger partial charge in [0.2, 0.25) is 5.91 Å². The lowest BCUT2D eigenvalue weighted by Gasteiger charge is -2.31. The second kappa shape index (κ2) is 11.6. The number of amides is 2. The molecule has 2 amide bonds. The van der Waals surface area contributed by atoms with Crippen molar-refractivity contribution in [2.75, 3.05) is 13.2 Å². The molecule has 0 heterocycles. The van der Waals surface area contributed by atoms with Crippen LogP contribution < -0.4 is 10.1 Å². The van der Waals surface area contributed by atoms with Crippen molar-refractivity contribution in [2.45, 2.75) is 46.7 Å². The molecule has 1 unspecified atom stereocenters. The maximum absolute atomic E-state index is 13.1. The first-order valence-corrected chi connectivity index (χ1v) is 10.7. The van der Waals surface area contributed by atoms with E-state index in [9.17, 15) is 9.59 Å². The van der Waals surface area contributed by atoms with Crippen LogP contribution >= 0.6 is 11.6 Å². The van der Waals surface area contributed by atoms with E-state index in [0.717, 1.165) is 11.1 Å². The van der Waals surface area contributed by atoms with Gasteiger partial charge in [0.1, 0.15) is 11.8 Å². The van der Waals surface area contributed by atoms with E-state index in [1.165, 1.54) is 0 Å². The van der Waals surface area contributed by atoms with Crippen molar-refractivity contribution < 1.29 is 14.3 Å². The van der Waals surface area contributed by atoms with Crippen LogP contribution in [-0.2, 0) is 16.1 Å². The second-order valence-corrected chi connectivity index (χ2v) is 8.26. The minimum Gasteiger partial charge on any atom is -0.484 e. The van der Waals surface area contributed by atoms with Gasteiger partial charge in [-0.3, -0.25) is 9.59 Å². The van der Waals surface area contributed by atoms with Gasteiger partial charge in [-0.15, -0.1) is 0 Å². The molecule has 30 heavy (non-hydrogen) atoms. The van der Waals surface area contributed by atoms with E-state index in [-0.39, 0.29) is 18.4 Å². The Labute approximate surface area is 184 Å². The summed E-state index contributed by atoms with van der Waals surface area (Å²) in [6, 6.07) is 14.3. The third-order valence-corrected chi connectivity index (χ3v) is 4.90. The van der Waals surface area contributed by atoms with Crippen molar-refractivity contribution in [3.63, 3.8) is 0 Å². The molecular weight excluding hydrogens is 400 g/mol. The van der Waals surface area contributed by atoms with Crippen LogP contribution in [0.25, 0.3) is 0 Å². The fraction of sp³-hybridized carbons (Fsp3) is 0.417. The largest absolute Gasteiger partial charge is 0.484 e. The molecule has 0 aliphatic rings. The van der Waals surface area contributed by atoms with Crippen LogP contribution in [0.3, 0.4) is 0 Å². The molecule has 162 valence electrons. The minimum atomic E-state index is -0.570. The number of carbonyl (C=O) groups is 2. The SMILES string of the molecule is CCC(C(=O)NCC(C)C)N(Cc1cccc(C)c1)C(=O)COc1cccc(Cl)c1. The molecule has 0 bridgehead atoms. The lowest BCUT2D eigenvalue weighted by Crippen LogP contribution is -2.50. The van der Waals surface area contributed by atoms with Crippen LogP contribution in [0.5, 0.6) is 5.75 Å². The van der Waals surface area contributed by atoms with Crippen molar-refractivity contribution in [1.82, 2.24) is 10.2 Å². The average molecular weight is 431 g/mol. The molecule has 0 spiro atoms. The zero-order valence-corrected chi connectivity index (χ0v) is 18.9. The van der Waals surface area contributed by atoms with Gasteiger partial charge in [-0.05, 0) is 43.0 Å². The lowest BCUT2D eigenvalue weighted by atomic mass is 10.1. The second-order valence-electron chi connectivity index (χ2n) is 7.82. The number of benzene rings is 2. The summed E-state index contributed by atoms with van der Waals surface area (Å²) in [6.45, 7) is 8.73. The Hall–Kier alpha value is -2.53. The molecule has 0 saturated carbocycles. The fourth-order valence-electron chi connectivity index (χ4n) is 3.13. The Kier molecular flexibility index (Phi) is 9.18. The van der Waals surface area contributed by atoms with E-state index < -0.39 is 6.04 Å². The van der Waals surface area contributed by atoms with Gasteiger partial charge in [0.05, 0.1) is 0 Å². The summed E-state index contributed by atoms with van der Waals surface area (Å²) < 4.78 is 5.66. The van der Waals surface area contributed by atoms with Crippen LogP contribution in [0, 0.1) is 12.8 Å². The van der Waals surface area contributed by atoms with Crippen LogP contribution in [0.2, 0.25) is 5.02 Å². The highest BCUT2D eigenvalue weighted by Crippen LogP contribution is 2.18. The Morgan fingerprint density at radius 2 is 1.87 bits per heavy atom. The number of rotatable bonds is 10. The molecule has 1 N–H and O–H groups in total. The van der Waals surface area contributed by atoms with Crippen LogP contribution in [0.15, 0.2) is 48.5 Å². The first-order chi connectivity index (χ1) is 14.3. The summed E-state index contributed by atoms with van der Waals surface area (Å²) in [5.74, 6) is 0.459. The fourth-order valence-corrected chi connectivity index (χ4v) is 3.31. The zero-order valence-electron chi connectivity index (χ0n) is 18.2. The Bertz CT molecular complexity index is 854. The van der Waals surface area contributed by atoms with E-state index in [4.69, 9.17) is 16.3 Å². The summed E-state index contributed by atoms with van der Waals surface area (Å²) in [5, 5.41) is 3.49. The summed E-state index contributed by atoms with van der Waals surface area (Å²) in [4.78, 5) is 27.6. The van der Waals surface area contributed by atoms with Crippen LogP contribution in [-0.4, -0.2) is 35.9 Å². The third kappa shape index (κ3) is 7.38. The number of hydrogen-bond acceptors (Lipinski definition) is 3. The van der Waals surface area contributed by atoms with Gasteiger partial charge in [-0.2, -0.15) is 0 Å². The van der Waals surface area contributed by atoms with Gasteiger partial charge in [-0.25, -0.2) is 0 Å². The molecule has 5 nitrogen and oxygen atoms in total. The van der Waals surface area contributed by atoms with Crippen molar-refractivity contribution in [2.24, 2.45) is 5.92 Å². The van der Waals surface area contributed by atoms with Crippen LogP contribution in [0.4, 0.5) is 0 Å². The van der Waals surface area contributed by atoms with E-state index >= 15 is 0 Å². The standard InChI is InChI=1S/C24H31ClN2O3/c1-5-22(24(29)26-14-17(2)3)27(15-19-9-6-8-18(4)12-19)23(28)16-30-21-11-7-10-20(25)13-21/h6-13,17,22H,5,14-16H2,1-4H3,(H,26,29). The minimum absolute atomic E-state index is 0.144. The van der Waals surface area contributed by atoms with Gasteiger partial charge in [0, 0.05) is 18.1 Å². The zero-order chi connectivity index (χ0) is 22.1. The number of nitrogens with zero attached hydrogens (tertiary/aromatic N) is 1. The van der Waals surface area contributed by atoms with Crippen molar-refractivity contribution in [3.8, 4) is 5.75 Å². The highest BCUT2D eigenvalue weighted by Gasteiger charge is 2.29. The monoisotopic (exact) mass is 430 g/mol. The third-order valence-electron chi connectivity index (χ3n) is 4.66. The predicted octanol–water partition coefficient (Wildman–Crippen LogP) is 4.61. The molecule has 6 heteroatoms. The molecule has 0 aromatic heterocycles. The van der Waals surface area contributed by atoms with E-state index in [1.807, 2.05) is 52.0 Å². The number of carbonyl (C=O) groups excluding carboxylic acids is 2. The quantitative estimate of drug-likeness (QED) is 0.598. The first kappa shape index (κ1) is 23.7. The maximum Gasteiger partial charge on any atom is 0.261 e. The van der Waals surface area contributed by atoms with Gasteiger partial charge >= 0.3 is 0 Å². The van der Waals surface area contributed by atoms with Gasteiger partial charge in [0.15, 0.2) is 6.61 Å². The van der Waals surface area contributed by atoms with Gasteiger partial charge in [0.25, 0.3) is 5.91 Å². The molecule has 0 aliphatic carbocycles. The molecule has 1 atom stereocenters. The maximum atomic E-state index is 13.1. The van der Waals surface area contributed by atoms with Crippen molar-refractivity contribution >= 4 is 23.4 Å². The average Bonchev–Trinajstić information content (AvgIpc) is 2.70. The first-order valence-electron chi connectivity index (χ1n) is 10.3. The van der Waals surface area contributed by atoms with E-state index in [2.05, 4.69) is 5.32 Å². The topological polar surface area (TPSA) is 58.6 Å². The summed E-state index contributed by atoms with van der Waals surface area (Å²) in [7, 11) is 0. The van der Waals surface area contributed by atoms with Gasteiger partial charge in [-0.1, -0.05) is 68.3 Å². The number of aryl methyl sites for hydroxylation is 1. The lowest BCUT2D eigenvalue weighted by molar-refractivity contribution is -0.143. The Morgan fingerprint density at radius 1 is 1.13 bits per heavy atom. The van der Waals surface area contributed by atoms with Gasteiger partial charge < -0.3 is 15.0 Å². The molecule has 0 radical (unpaired) electrons.